The summed E-state index contributed by atoms with van der Waals surface area (Å²) in [6, 6.07) is 14.2. The number of pyridine rings is 2. The molecule has 170 valence electrons. The third-order valence-electron chi connectivity index (χ3n) is 5.64. The van der Waals surface area contributed by atoms with Crippen LogP contribution in [-0.2, 0) is 13.1 Å². The molecule has 0 saturated heterocycles. The molecule has 1 amide bonds. The number of nitrogens with one attached hydrogen (secondary N) is 2. The van der Waals surface area contributed by atoms with E-state index >= 15 is 0 Å². The van der Waals surface area contributed by atoms with E-state index in [4.69, 9.17) is 9.83 Å². The van der Waals surface area contributed by atoms with Crippen LogP contribution < -0.4 is 16.4 Å². The molecule has 34 heavy (non-hydrogen) atoms. The zero-order valence-electron chi connectivity index (χ0n) is 18.2. The van der Waals surface area contributed by atoms with Gasteiger partial charge in [0.2, 0.25) is 0 Å². The molecule has 0 aliphatic carbocycles. The molecule has 5 aromatic rings. The van der Waals surface area contributed by atoms with Gasteiger partial charge < -0.3 is 14.3 Å². The molecule has 2 N–H and O–H groups in total. The fourth-order valence-corrected chi connectivity index (χ4v) is 3.86. The van der Waals surface area contributed by atoms with Crippen LogP contribution in [0.1, 0.15) is 27.2 Å². The highest BCUT2D eigenvalue weighted by molar-refractivity contribution is 5.96. The molecule has 8 nitrogen and oxygen atoms in total. The minimum Gasteiger partial charge on any atom is -0.467 e. The molecule has 4 aromatic heterocycles. The second-order valence-electron chi connectivity index (χ2n) is 7.92. The van der Waals surface area contributed by atoms with Crippen molar-refractivity contribution in [2.75, 3.05) is 0 Å². The summed E-state index contributed by atoms with van der Waals surface area (Å²) in [5.41, 5.74) is 1.84. The van der Waals surface area contributed by atoms with E-state index < -0.39 is 5.91 Å². The first-order valence-electron chi connectivity index (χ1n) is 10.6. The topological polar surface area (TPSA) is 105 Å². The monoisotopic (exact) mass is 457 g/mol. The fourth-order valence-electron chi connectivity index (χ4n) is 3.86. The van der Waals surface area contributed by atoms with Crippen molar-refractivity contribution in [1.29, 1.82) is 5.41 Å². The van der Waals surface area contributed by atoms with Crippen molar-refractivity contribution in [1.82, 2.24) is 19.3 Å². The molecular formula is C25H20FN5O3. The van der Waals surface area contributed by atoms with Gasteiger partial charge in [0, 0.05) is 12.7 Å². The summed E-state index contributed by atoms with van der Waals surface area (Å²) < 4.78 is 21.5. The van der Waals surface area contributed by atoms with Crippen molar-refractivity contribution in [3.63, 3.8) is 0 Å². The molecule has 0 radical (unpaired) electrons. The molecule has 0 unspecified atom stereocenters. The number of furan rings is 1. The zero-order chi connectivity index (χ0) is 23.8. The Morgan fingerprint density at radius 2 is 1.94 bits per heavy atom. The van der Waals surface area contributed by atoms with Gasteiger partial charge in [0.05, 0.1) is 23.8 Å². The molecule has 0 fully saturated rings. The first kappa shape index (κ1) is 21.3. The van der Waals surface area contributed by atoms with E-state index in [0.717, 1.165) is 5.56 Å². The number of nitrogens with zero attached hydrogens (tertiary/aromatic N) is 3. The van der Waals surface area contributed by atoms with Crippen LogP contribution in [0.4, 0.5) is 4.39 Å². The maximum absolute atomic E-state index is 13.3. The lowest BCUT2D eigenvalue weighted by molar-refractivity contribution is 0.0948. The summed E-state index contributed by atoms with van der Waals surface area (Å²) in [5, 5.41) is 11.7. The van der Waals surface area contributed by atoms with E-state index in [2.05, 4.69) is 10.3 Å². The summed E-state index contributed by atoms with van der Waals surface area (Å²) in [6.07, 6.45) is 3.14. The molecule has 0 saturated carbocycles. The van der Waals surface area contributed by atoms with Gasteiger partial charge in [-0.1, -0.05) is 18.2 Å². The Bertz CT molecular complexity index is 1650. The number of fused-ring (bicyclic) bond motifs is 2. The number of rotatable bonds is 5. The highest BCUT2D eigenvalue weighted by atomic mass is 19.1. The van der Waals surface area contributed by atoms with Gasteiger partial charge in [-0.25, -0.2) is 9.37 Å². The van der Waals surface area contributed by atoms with E-state index in [-0.39, 0.29) is 46.6 Å². The Morgan fingerprint density at radius 1 is 1.15 bits per heavy atom. The van der Waals surface area contributed by atoms with Crippen molar-refractivity contribution in [2.45, 2.75) is 20.0 Å². The fraction of sp³-hybridized carbons (Fsp3) is 0.120. The lowest BCUT2D eigenvalue weighted by Crippen LogP contribution is -2.35. The second kappa shape index (κ2) is 8.43. The number of aromatic nitrogens is 3. The molecule has 0 aliphatic heterocycles. The number of hydrogen-bond donors (Lipinski definition) is 2. The van der Waals surface area contributed by atoms with Gasteiger partial charge in [0.1, 0.15) is 28.4 Å². The van der Waals surface area contributed by atoms with Gasteiger partial charge in [0.15, 0.2) is 0 Å². The minimum atomic E-state index is -0.529. The Kier molecular flexibility index (Phi) is 5.29. The normalized spacial score (nSPS) is 11.2. The lowest BCUT2D eigenvalue weighted by Gasteiger charge is -2.14. The molecular weight excluding hydrogens is 437 g/mol. The van der Waals surface area contributed by atoms with Crippen molar-refractivity contribution in [2.24, 2.45) is 0 Å². The smallest absolute Gasteiger partial charge is 0.267 e. The first-order valence-corrected chi connectivity index (χ1v) is 10.6. The third-order valence-corrected chi connectivity index (χ3v) is 5.64. The largest absolute Gasteiger partial charge is 0.467 e. The first-order chi connectivity index (χ1) is 16.4. The maximum Gasteiger partial charge on any atom is 0.267 e. The molecule has 0 spiro atoms. The molecule has 0 aliphatic rings. The Balaban J connectivity index is 1.66. The number of carbonyl (C=O) groups excluding carboxylic acids is 1. The number of halogens is 1. The minimum absolute atomic E-state index is 0.0210. The summed E-state index contributed by atoms with van der Waals surface area (Å²) >= 11 is 0. The van der Waals surface area contributed by atoms with E-state index in [1.165, 1.54) is 33.4 Å². The van der Waals surface area contributed by atoms with Crippen LogP contribution in [0.15, 0.2) is 76.3 Å². The third kappa shape index (κ3) is 3.77. The van der Waals surface area contributed by atoms with Crippen molar-refractivity contribution < 1.29 is 13.6 Å². The molecule has 9 heteroatoms. The molecule has 1 aromatic carbocycles. The van der Waals surface area contributed by atoms with Gasteiger partial charge in [-0.15, -0.1) is 0 Å². The average Bonchev–Trinajstić information content (AvgIpc) is 3.34. The number of hydrogen-bond acceptors (Lipinski definition) is 5. The molecule has 0 atom stereocenters. The Morgan fingerprint density at radius 3 is 2.68 bits per heavy atom. The standard InChI is InChI=1S/C25H20FN5O3/c1-15-4-2-10-30-22(15)29-23-20(25(30)33)12-19(21(27)31(23)14-18-5-3-11-34-18)24(32)28-13-16-6-8-17(26)9-7-16/h2-12,27H,13-14H2,1H3,(H,28,32). The van der Waals surface area contributed by atoms with E-state index in [1.54, 1.807) is 36.5 Å². The molecule has 5 rings (SSSR count). The van der Waals surface area contributed by atoms with Gasteiger partial charge in [-0.3, -0.25) is 19.4 Å². The van der Waals surface area contributed by atoms with E-state index in [1.807, 2.05) is 13.0 Å². The maximum atomic E-state index is 13.3. The number of aryl methyl sites for hydroxylation is 1. The molecule has 0 bridgehead atoms. The van der Waals surface area contributed by atoms with E-state index in [9.17, 15) is 14.0 Å². The van der Waals surface area contributed by atoms with Crippen LogP contribution in [0.3, 0.4) is 0 Å². The average molecular weight is 457 g/mol. The highest BCUT2D eigenvalue weighted by Crippen LogP contribution is 2.14. The van der Waals surface area contributed by atoms with Crippen molar-refractivity contribution in [3.05, 3.63) is 111 Å². The summed E-state index contributed by atoms with van der Waals surface area (Å²) in [5.74, 6) is -0.346. The van der Waals surface area contributed by atoms with E-state index in [0.29, 0.717) is 17.0 Å². The van der Waals surface area contributed by atoms with Crippen LogP contribution in [0.2, 0.25) is 0 Å². The molecule has 4 heterocycles. The summed E-state index contributed by atoms with van der Waals surface area (Å²) in [7, 11) is 0. The second-order valence-corrected chi connectivity index (χ2v) is 7.92. The number of amides is 1. The number of benzene rings is 1. The van der Waals surface area contributed by atoms with Crippen LogP contribution in [0.25, 0.3) is 16.7 Å². The predicted molar refractivity (Wildman–Crippen MR) is 123 cm³/mol. The van der Waals surface area contributed by atoms with Gasteiger partial charge >= 0.3 is 0 Å². The van der Waals surface area contributed by atoms with Crippen LogP contribution >= 0.6 is 0 Å². The predicted octanol–water partition coefficient (Wildman–Crippen LogP) is 3.15. The van der Waals surface area contributed by atoms with Gasteiger partial charge in [0.25, 0.3) is 11.5 Å². The number of carbonyl (C=O) groups is 1. The van der Waals surface area contributed by atoms with Crippen molar-refractivity contribution in [3.8, 4) is 0 Å². The van der Waals surface area contributed by atoms with Crippen LogP contribution in [0, 0.1) is 18.2 Å². The van der Waals surface area contributed by atoms with Crippen LogP contribution in [0.5, 0.6) is 0 Å². The Hall–Kier alpha value is -4.53. The SMILES string of the molecule is Cc1cccn2c(=O)c3cc(C(=O)NCc4ccc(F)cc4)c(=N)n(Cc4ccco4)c3nc12. The van der Waals surface area contributed by atoms with Gasteiger partial charge in [-0.2, -0.15) is 0 Å². The quantitative estimate of drug-likeness (QED) is 0.396. The zero-order valence-corrected chi connectivity index (χ0v) is 18.2. The summed E-state index contributed by atoms with van der Waals surface area (Å²) in [6.45, 7) is 2.11. The highest BCUT2D eigenvalue weighted by Gasteiger charge is 2.18. The Labute approximate surface area is 192 Å². The lowest BCUT2D eigenvalue weighted by atomic mass is 10.1. The van der Waals surface area contributed by atoms with Crippen molar-refractivity contribution >= 4 is 22.6 Å². The van der Waals surface area contributed by atoms with Crippen LogP contribution in [-0.4, -0.2) is 19.9 Å². The van der Waals surface area contributed by atoms with Gasteiger partial charge in [-0.05, 0) is 54.4 Å². The summed E-state index contributed by atoms with van der Waals surface area (Å²) in [4.78, 5) is 31.1.